The van der Waals surface area contributed by atoms with Crippen LogP contribution >= 0.6 is 0 Å². The fraction of sp³-hybridized carbons (Fsp3) is 0.684. The standard InChI is InChI=1S/C19H34N2O2S/c1-5-6-10-18-11-13-19(14-12-18)21(4)16-9-7-8-15-20-24(22,23)17(2)3/h11-14,17,20H,5-10,15-16H2,1-4H3. The van der Waals surface area contributed by atoms with Crippen LogP contribution in [0.4, 0.5) is 5.69 Å². The molecule has 0 aliphatic heterocycles. The van der Waals surface area contributed by atoms with Crippen LogP contribution in [0.15, 0.2) is 24.3 Å². The largest absolute Gasteiger partial charge is 0.375 e. The third-order valence-electron chi connectivity index (χ3n) is 4.29. The molecule has 0 saturated heterocycles. The van der Waals surface area contributed by atoms with Crippen molar-refractivity contribution < 1.29 is 8.42 Å². The number of hydrogen-bond donors (Lipinski definition) is 1. The van der Waals surface area contributed by atoms with Crippen molar-refractivity contribution in [3.63, 3.8) is 0 Å². The fourth-order valence-corrected chi connectivity index (χ4v) is 3.22. The van der Waals surface area contributed by atoms with Crippen LogP contribution in [0.25, 0.3) is 0 Å². The summed E-state index contributed by atoms with van der Waals surface area (Å²) in [6, 6.07) is 8.84. The number of benzene rings is 1. The minimum atomic E-state index is -3.12. The minimum Gasteiger partial charge on any atom is -0.375 e. The Labute approximate surface area is 148 Å². The number of aryl methyl sites for hydroxylation is 1. The van der Waals surface area contributed by atoms with Crippen LogP contribution in [0, 0.1) is 0 Å². The van der Waals surface area contributed by atoms with Crippen LogP contribution in [-0.4, -0.2) is 33.8 Å². The first-order valence-electron chi connectivity index (χ1n) is 9.15. The normalized spacial score (nSPS) is 11.9. The van der Waals surface area contributed by atoms with Gasteiger partial charge in [0.25, 0.3) is 0 Å². The second-order valence-electron chi connectivity index (χ2n) is 6.74. The van der Waals surface area contributed by atoms with E-state index in [1.54, 1.807) is 13.8 Å². The van der Waals surface area contributed by atoms with Gasteiger partial charge >= 0.3 is 0 Å². The lowest BCUT2D eigenvalue weighted by molar-refractivity contribution is 0.565. The SMILES string of the molecule is CCCCc1ccc(N(C)CCCCCNS(=O)(=O)C(C)C)cc1. The molecule has 0 heterocycles. The molecule has 1 N–H and O–H groups in total. The summed E-state index contributed by atoms with van der Waals surface area (Å²) in [7, 11) is -1.00. The molecule has 0 spiro atoms. The van der Waals surface area contributed by atoms with Gasteiger partial charge in [-0.3, -0.25) is 0 Å². The van der Waals surface area contributed by atoms with Gasteiger partial charge in [-0.15, -0.1) is 0 Å². The minimum absolute atomic E-state index is 0.357. The van der Waals surface area contributed by atoms with Gasteiger partial charge < -0.3 is 4.90 Å². The summed E-state index contributed by atoms with van der Waals surface area (Å²) in [4.78, 5) is 2.27. The van der Waals surface area contributed by atoms with E-state index in [9.17, 15) is 8.42 Å². The highest BCUT2D eigenvalue weighted by molar-refractivity contribution is 7.90. The fourth-order valence-electron chi connectivity index (χ4n) is 2.46. The molecule has 0 radical (unpaired) electrons. The molecule has 5 heteroatoms. The molecule has 0 saturated carbocycles. The topological polar surface area (TPSA) is 49.4 Å². The Hall–Kier alpha value is -1.07. The van der Waals surface area contributed by atoms with E-state index < -0.39 is 10.0 Å². The van der Waals surface area contributed by atoms with Crippen molar-refractivity contribution in [1.82, 2.24) is 4.72 Å². The molecular weight excluding hydrogens is 320 g/mol. The molecule has 4 nitrogen and oxygen atoms in total. The Morgan fingerprint density at radius 1 is 1.04 bits per heavy atom. The van der Waals surface area contributed by atoms with Crippen molar-refractivity contribution in [3.8, 4) is 0 Å². The molecule has 0 aliphatic rings. The zero-order valence-corrected chi connectivity index (χ0v) is 16.5. The van der Waals surface area contributed by atoms with Crippen molar-refractivity contribution in [2.45, 2.75) is 64.5 Å². The molecule has 0 amide bonds. The predicted octanol–water partition coefficient (Wildman–Crippen LogP) is 3.96. The highest BCUT2D eigenvalue weighted by atomic mass is 32.2. The molecule has 0 atom stereocenters. The lowest BCUT2D eigenvalue weighted by Gasteiger charge is -2.19. The summed E-state index contributed by atoms with van der Waals surface area (Å²) >= 11 is 0. The Morgan fingerprint density at radius 3 is 2.29 bits per heavy atom. The first-order chi connectivity index (χ1) is 11.4. The van der Waals surface area contributed by atoms with Gasteiger partial charge in [0.05, 0.1) is 5.25 Å². The Kier molecular flexibility index (Phi) is 9.37. The van der Waals surface area contributed by atoms with Crippen molar-refractivity contribution >= 4 is 15.7 Å². The molecule has 0 unspecified atom stereocenters. The quantitative estimate of drug-likeness (QED) is 0.578. The molecule has 0 aliphatic carbocycles. The van der Waals surface area contributed by atoms with E-state index in [0.29, 0.717) is 6.54 Å². The van der Waals surface area contributed by atoms with E-state index in [4.69, 9.17) is 0 Å². The highest BCUT2D eigenvalue weighted by Crippen LogP contribution is 2.16. The average molecular weight is 355 g/mol. The maximum Gasteiger partial charge on any atom is 0.213 e. The monoisotopic (exact) mass is 354 g/mol. The maximum atomic E-state index is 11.6. The van der Waals surface area contributed by atoms with Gasteiger partial charge in [-0.2, -0.15) is 0 Å². The molecule has 24 heavy (non-hydrogen) atoms. The van der Waals surface area contributed by atoms with E-state index >= 15 is 0 Å². The van der Waals surface area contributed by atoms with Gasteiger partial charge in [0.1, 0.15) is 0 Å². The molecule has 138 valence electrons. The molecule has 0 fully saturated rings. The van der Waals surface area contributed by atoms with Gasteiger partial charge in [0.15, 0.2) is 0 Å². The molecule has 1 aromatic carbocycles. The zero-order valence-electron chi connectivity index (χ0n) is 15.7. The number of sulfonamides is 1. The van der Waals surface area contributed by atoms with Crippen LogP contribution in [-0.2, 0) is 16.4 Å². The summed E-state index contributed by atoms with van der Waals surface area (Å²) in [6.07, 6.45) is 6.62. The van der Waals surface area contributed by atoms with Crippen LogP contribution in [0.1, 0.15) is 58.4 Å². The lowest BCUT2D eigenvalue weighted by Crippen LogP contribution is -2.31. The summed E-state index contributed by atoms with van der Waals surface area (Å²) < 4.78 is 25.9. The van der Waals surface area contributed by atoms with Crippen molar-refractivity contribution in [2.75, 3.05) is 25.0 Å². The second kappa shape index (κ2) is 10.7. The molecule has 0 aromatic heterocycles. The van der Waals surface area contributed by atoms with E-state index in [0.717, 1.165) is 32.2 Å². The summed E-state index contributed by atoms with van der Waals surface area (Å²) in [6.45, 7) is 7.15. The third-order valence-corrected chi connectivity index (χ3v) is 6.14. The van der Waals surface area contributed by atoms with Crippen LogP contribution in [0.2, 0.25) is 0 Å². The van der Waals surface area contributed by atoms with Gasteiger partial charge in [0.2, 0.25) is 10.0 Å². The zero-order chi connectivity index (χ0) is 18.0. The average Bonchev–Trinajstić information content (AvgIpc) is 2.56. The number of nitrogens with one attached hydrogen (secondary N) is 1. The van der Waals surface area contributed by atoms with Gasteiger partial charge in [-0.05, 0) is 57.2 Å². The Bertz CT molecular complexity index is 553. The molecule has 1 aromatic rings. The molecule has 0 bridgehead atoms. The highest BCUT2D eigenvalue weighted by Gasteiger charge is 2.13. The van der Waals surface area contributed by atoms with E-state index in [2.05, 4.69) is 47.9 Å². The van der Waals surface area contributed by atoms with Crippen LogP contribution in [0.5, 0.6) is 0 Å². The summed E-state index contributed by atoms with van der Waals surface area (Å²) in [5.41, 5.74) is 2.65. The number of anilines is 1. The predicted molar refractivity (Wildman–Crippen MR) is 104 cm³/mol. The number of rotatable bonds is 12. The Morgan fingerprint density at radius 2 is 1.71 bits per heavy atom. The van der Waals surface area contributed by atoms with E-state index in [1.165, 1.54) is 24.1 Å². The first-order valence-corrected chi connectivity index (χ1v) is 10.7. The van der Waals surface area contributed by atoms with Gasteiger partial charge in [0, 0.05) is 25.8 Å². The van der Waals surface area contributed by atoms with Crippen LogP contribution < -0.4 is 9.62 Å². The second-order valence-corrected chi connectivity index (χ2v) is 9.06. The molecular formula is C19H34N2O2S. The van der Waals surface area contributed by atoms with Gasteiger partial charge in [-0.1, -0.05) is 31.9 Å². The van der Waals surface area contributed by atoms with Gasteiger partial charge in [-0.25, -0.2) is 13.1 Å². The summed E-state index contributed by atoms with van der Waals surface area (Å²) in [5.74, 6) is 0. The number of nitrogens with zero attached hydrogens (tertiary/aromatic N) is 1. The number of unbranched alkanes of at least 4 members (excludes halogenated alkanes) is 3. The Balaban J connectivity index is 2.23. The van der Waals surface area contributed by atoms with Crippen molar-refractivity contribution in [3.05, 3.63) is 29.8 Å². The third kappa shape index (κ3) is 7.67. The maximum absolute atomic E-state index is 11.6. The van der Waals surface area contributed by atoms with Crippen LogP contribution in [0.3, 0.4) is 0 Å². The first kappa shape index (κ1) is 21.0. The molecule has 1 rings (SSSR count). The van der Waals surface area contributed by atoms with Crippen molar-refractivity contribution in [2.24, 2.45) is 0 Å². The number of hydrogen-bond acceptors (Lipinski definition) is 3. The van der Waals surface area contributed by atoms with E-state index in [1.807, 2.05) is 0 Å². The smallest absolute Gasteiger partial charge is 0.213 e. The van der Waals surface area contributed by atoms with Crippen molar-refractivity contribution in [1.29, 1.82) is 0 Å². The lowest BCUT2D eigenvalue weighted by atomic mass is 10.1. The summed E-state index contributed by atoms with van der Waals surface area (Å²) in [5, 5.41) is -0.357. The van der Waals surface area contributed by atoms with E-state index in [-0.39, 0.29) is 5.25 Å².